The maximum atomic E-state index is 13.1. The monoisotopic (exact) mass is 411 g/mol. The van der Waals surface area contributed by atoms with Gasteiger partial charge in [0.05, 0.1) is 22.6 Å². The third-order valence-corrected chi connectivity index (χ3v) is 4.62. The van der Waals surface area contributed by atoms with Gasteiger partial charge in [-0.05, 0) is 15.9 Å². The predicted molar refractivity (Wildman–Crippen MR) is 79.7 cm³/mol. The van der Waals surface area contributed by atoms with Crippen molar-refractivity contribution in [3.05, 3.63) is 26.3 Å². The summed E-state index contributed by atoms with van der Waals surface area (Å²) < 4.78 is 50.6. The fourth-order valence-electron chi connectivity index (χ4n) is 2.88. The Balaban J connectivity index is 1.90. The average molecular weight is 412 g/mol. The number of alkyl halides is 3. The Morgan fingerprint density at radius 2 is 1.88 bits per heavy atom. The number of pyridine rings is 1. The zero-order chi connectivity index (χ0) is 17.5. The van der Waals surface area contributed by atoms with E-state index in [2.05, 4.69) is 20.9 Å². The van der Waals surface area contributed by atoms with Crippen LogP contribution in [0.15, 0.2) is 10.5 Å². The van der Waals surface area contributed by atoms with Gasteiger partial charge in [-0.2, -0.15) is 13.2 Å². The van der Waals surface area contributed by atoms with Crippen LogP contribution in [-0.4, -0.2) is 42.0 Å². The molecule has 3 heterocycles. The number of anilines is 1. The van der Waals surface area contributed by atoms with Crippen LogP contribution in [0.25, 0.3) is 0 Å². The van der Waals surface area contributed by atoms with E-state index in [9.17, 15) is 23.3 Å². The molecular formula is C13H13BrF3N3O4. The first-order valence-corrected chi connectivity index (χ1v) is 7.96. The summed E-state index contributed by atoms with van der Waals surface area (Å²) in [5.74, 6) is -0.642. The molecule has 0 amide bonds. The molecule has 1 spiro atoms. The molecule has 2 saturated heterocycles. The van der Waals surface area contributed by atoms with E-state index in [1.54, 1.807) is 4.90 Å². The summed E-state index contributed by atoms with van der Waals surface area (Å²) in [7, 11) is 0. The van der Waals surface area contributed by atoms with Crippen molar-refractivity contribution in [1.82, 2.24) is 4.98 Å². The molecular weight excluding hydrogens is 399 g/mol. The van der Waals surface area contributed by atoms with Crippen LogP contribution in [0.3, 0.4) is 0 Å². The molecule has 132 valence electrons. The SMILES string of the molecule is O=[N+]([O-])c1cc(Br)c(N2CCC3(CC2)OCCO3)nc1C(F)(F)F. The van der Waals surface area contributed by atoms with Gasteiger partial charge >= 0.3 is 11.9 Å². The number of aromatic nitrogens is 1. The number of hydrogen-bond acceptors (Lipinski definition) is 6. The molecule has 2 fully saturated rings. The molecule has 0 atom stereocenters. The summed E-state index contributed by atoms with van der Waals surface area (Å²) in [6.07, 6.45) is -3.94. The van der Waals surface area contributed by atoms with Crippen molar-refractivity contribution in [2.45, 2.75) is 24.8 Å². The molecule has 0 bridgehead atoms. The third kappa shape index (κ3) is 3.20. The molecule has 0 unspecified atom stereocenters. The maximum Gasteiger partial charge on any atom is 0.440 e. The topological polar surface area (TPSA) is 77.7 Å². The van der Waals surface area contributed by atoms with Gasteiger partial charge in [0.15, 0.2) is 5.79 Å². The number of rotatable bonds is 2. The molecule has 0 radical (unpaired) electrons. The fraction of sp³-hybridized carbons (Fsp3) is 0.615. The minimum atomic E-state index is -4.91. The van der Waals surface area contributed by atoms with Crippen LogP contribution in [0.5, 0.6) is 0 Å². The minimum Gasteiger partial charge on any atom is -0.355 e. The second-order valence-electron chi connectivity index (χ2n) is 5.51. The molecule has 1 aromatic heterocycles. The number of nitrogens with zero attached hydrogens (tertiary/aromatic N) is 3. The van der Waals surface area contributed by atoms with Gasteiger partial charge in [0.25, 0.3) is 0 Å². The lowest BCUT2D eigenvalue weighted by molar-refractivity contribution is -0.388. The molecule has 24 heavy (non-hydrogen) atoms. The zero-order valence-corrected chi connectivity index (χ0v) is 13.9. The van der Waals surface area contributed by atoms with E-state index in [0.717, 1.165) is 6.07 Å². The van der Waals surface area contributed by atoms with Crippen molar-refractivity contribution in [3.8, 4) is 0 Å². The van der Waals surface area contributed by atoms with E-state index in [4.69, 9.17) is 9.47 Å². The summed E-state index contributed by atoms with van der Waals surface area (Å²) in [6, 6.07) is 0.845. The Morgan fingerprint density at radius 3 is 2.38 bits per heavy atom. The van der Waals surface area contributed by atoms with E-state index >= 15 is 0 Å². The summed E-state index contributed by atoms with van der Waals surface area (Å²) >= 11 is 3.09. The lowest BCUT2D eigenvalue weighted by atomic mass is 10.0. The van der Waals surface area contributed by atoms with Gasteiger partial charge in [0, 0.05) is 32.0 Å². The van der Waals surface area contributed by atoms with Crippen LogP contribution in [0.4, 0.5) is 24.7 Å². The Morgan fingerprint density at radius 1 is 1.29 bits per heavy atom. The molecule has 0 saturated carbocycles. The summed E-state index contributed by atoms with van der Waals surface area (Å²) in [5.41, 5.74) is -2.58. The quantitative estimate of drug-likeness (QED) is 0.549. The Labute approximate surface area is 143 Å². The molecule has 0 aromatic carbocycles. The number of ether oxygens (including phenoxy) is 2. The Kier molecular flexibility index (Phi) is 4.43. The standard InChI is InChI=1S/C13H13BrF3N3O4/c14-8-7-9(20(21)22)10(13(15,16)17)18-11(8)19-3-1-12(2-4-19)23-5-6-24-12/h7H,1-6H2. The summed E-state index contributed by atoms with van der Waals surface area (Å²) in [4.78, 5) is 15.0. The first kappa shape index (κ1) is 17.4. The second-order valence-corrected chi connectivity index (χ2v) is 6.37. The molecule has 1 aromatic rings. The highest BCUT2D eigenvalue weighted by atomic mass is 79.9. The van der Waals surface area contributed by atoms with E-state index < -0.39 is 28.3 Å². The largest absolute Gasteiger partial charge is 0.440 e. The van der Waals surface area contributed by atoms with Crippen molar-refractivity contribution in [2.24, 2.45) is 0 Å². The van der Waals surface area contributed by atoms with Gasteiger partial charge in [-0.15, -0.1) is 0 Å². The van der Waals surface area contributed by atoms with Gasteiger partial charge in [0.2, 0.25) is 5.69 Å². The molecule has 0 N–H and O–H groups in total. The van der Waals surface area contributed by atoms with Crippen LogP contribution in [0, 0.1) is 10.1 Å². The Bertz CT molecular complexity index is 655. The van der Waals surface area contributed by atoms with Crippen molar-refractivity contribution in [1.29, 1.82) is 0 Å². The van der Waals surface area contributed by atoms with Gasteiger partial charge < -0.3 is 14.4 Å². The molecule has 11 heteroatoms. The number of hydrogen-bond donors (Lipinski definition) is 0. The van der Waals surface area contributed by atoms with Crippen LogP contribution in [0.1, 0.15) is 18.5 Å². The highest BCUT2D eigenvalue weighted by Gasteiger charge is 2.43. The van der Waals surface area contributed by atoms with Crippen molar-refractivity contribution in [2.75, 3.05) is 31.2 Å². The Hall–Kier alpha value is -1.46. The number of nitro groups is 1. The van der Waals surface area contributed by atoms with Crippen LogP contribution >= 0.6 is 15.9 Å². The summed E-state index contributed by atoms with van der Waals surface area (Å²) in [6.45, 7) is 1.75. The maximum absolute atomic E-state index is 13.1. The first-order valence-electron chi connectivity index (χ1n) is 7.17. The second kappa shape index (κ2) is 6.12. The molecule has 2 aliphatic heterocycles. The van der Waals surface area contributed by atoms with Gasteiger partial charge in [0.1, 0.15) is 5.82 Å². The normalized spacial score (nSPS) is 20.6. The summed E-state index contributed by atoms with van der Waals surface area (Å²) in [5, 5.41) is 10.9. The van der Waals surface area contributed by atoms with Crippen molar-refractivity contribution < 1.29 is 27.6 Å². The van der Waals surface area contributed by atoms with E-state index in [1.807, 2.05) is 0 Å². The van der Waals surface area contributed by atoms with Crippen LogP contribution in [0.2, 0.25) is 0 Å². The van der Waals surface area contributed by atoms with E-state index in [1.165, 1.54) is 0 Å². The predicted octanol–water partition coefficient (Wildman–Crippen LogP) is 3.11. The molecule has 7 nitrogen and oxygen atoms in total. The molecule has 3 rings (SSSR count). The smallest absolute Gasteiger partial charge is 0.355 e. The number of piperidine rings is 1. The lowest BCUT2D eigenvalue weighted by Gasteiger charge is -2.38. The fourth-order valence-corrected chi connectivity index (χ4v) is 3.44. The lowest BCUT2D eigenvalue weighted by Crippen LogP contribution is -2.45. The van der Waals surface area contributed by atoms with Crippen LogP contribution < -0.4 is 4.90 Å². The first-order chi connectivity index (χ1) is 11.2. The highest BCUT2D eigenvalue weighted by Crippen LogP contribution is 2.41. The van der Waals surface area contributed by atoms with E-state index in [0.29, 0.717) is 39.1 Å². The molecule has 2 aliphatic rings. The van der Waals surface area contributed by atoms with Crippen molar-refractivity contribution in [3.63, 3.8) is 0 Å². The van der Waals surface area contributed by atoms with Crippen molar-refractivity contribution >= 4 is 27.4 Å². The molecule has 0 aliphatic carbocycles. The third-order valence-electron chi connectivity index (χ3n) is 4.04. The van der Waals surface area contributed by atoms with Crippen LogP contribution in [-0.2, 0) is 15.7 Å². The van der Waals surface area contributed by atoms with E-state index in [-0.39, 0.29) is 10.3 Å². The van der Waals surface area contributed by atoms with Gasteiger partial charge in [-0.3, -0.25) is 10.1 Å². The number of halogens is 4. The minimum absolute atomic E-state index is 0.0285. The average Bonchev–Trinajstić information content (AvgIpc) is 2.95. The van der Waals surface area contributed by atoms with Gasteiger partial charge in [-0.1, -0.05) is 0 Å². The highest BCUT2D eigenvalue weighted by molar-refractivity contribution is 9.10. The zero-order valence-electron chi connectivity index (χ0n) is 12.3. The van der Waals surface area contributed by atoms with Gasteiger partial charge in [-0.25, -0.2) is 4.98 Å².